The van der Waals surface area contributed by atoms with Crippen molar-refractivity contribution in [2.75, 3.05) is 39.3 Å². The fraction of sp³-hybridized carbons (Fsp3) is 0.400. The van der Waals surface area contributed by atoms with Gasteiger partial charge in [0.05, 0.1) is 17.6 Å². The van der Waals surface area contributed by atoms with E-state index in [1.165, 1.54) is 17.7 Å². The third kappa shape index (κ3) is 5.54. The van der Waals surface area contributed by atoms with Gasteiger partial charge in [-0.1, -0.05) is 36.4 Å². The molecule has 26 heavy (non-hydrogen) atoms. The molecule has 0 aromatic heterocycles. The molecule has 0 aliphatic carbocycles. The fourth-order valence-electron chi connectivity index (χ4n) is 3.18. The van der Waals surface area contributed by atoms with Crippen molar-refractivity contribution in [2.45, 2.75) is 13.0 Å². The first kappa shape index (κ1) is 18.4. The van der Waals surface area contributed by atoms with Gasteiger partial charge in [0.2, 0.25) is 0 Å². The molecule has 138 valence electrons. The second kappa shape index (κ2) is 9.31. The number of piperazine rings is 1. The number of nitrogens with zero attached hydrogens (tertiary/aromatic N) is 3. The highest BCUT2D eigenvalue weighted by atomic mass is 16.6. The van der Waals surface area contributed by atoms with Crippen molar-refractivity contribution >= 4 is 5.69 Å². The predicted molar refractivity (Wildman–Crippen MR) is 101 cm³/mol. The molecule has 1 fully saturated rings. The van der Waals surface area contributed by atoms with Gasteiger partial charge in [0, 0.05) is 45.3 Å². The van der Waals surface area contributed by atoms with Crippen LogP contribution in [-0.2, 0) is 6.54 Å². The van der Waals surface area contributed by atoms with Crippen molar-refractivity contribution in [1.82, 2.24) is 9.80 Å². The number of hydrogen-bond acceptors (Lipinski definition) is 5. The summed E-state index contributed by atoms with van der Waals surface area (Å²) in [6.45, 7) is 6.90. The SMILES string of the molecule is O=[N+]([O-])c1cccc(OCCCN2CCN(Cc3ccccc3)CC2)c1. The molecule has 1 aliphatic rings. The summed E-state index contributed by atoms with van der Waals surface area (Å²) in [7, 11) is 0. The lowest BCUT2D eigenvalue weighted by Crippen LogP contribution is -2.46. The van der Waals surface area contributed by atoms with Gasteiger partial charge in [0.1, 0.15) is 5.75 Å². The average molecular weight is 355 g/mol. The predicted octanol–water partition coefficient (Wildman–Crippen LogP) is 3.18. The lowest BCUT2D eigenvalue weighted by atomic mass is 10.2. The maximum absolute atomic E-state index is 10.8. The van der Waals surface area contributed by atoms with Crippen molar-refractivity contribution < 1.29 is 9.66 Å². The van der Waals surface area contributed by atoms with E-state index in [9.17, 15) is 10.1 Å². The van der Waals surface area contributed by atoms with Crippen LogP contribution in [0.1, 0.15) is 12.0 Å². The van der Waals surface area contributed by atoms with Gasteiger partial charge in [-0.25, -0.2) is 0 Å². The molecule has 2 aromatic rings. The van der Waals surface area contributed by atoms with Crippen LogP contribution in [0.2, 0.25) is 0 Å². The molecule has 0 atom stereocenters. The van der Waals surface area contributed by atoms with Gasteiger partial charge in [0.15, 0.2) is 0 Å². The molecule has 1 heterocycles. The summed E-state index contributed by atoms with van der Waals surface area (Å²) in [6.07, 6.45) is 0.918. The highest BCUT2D eigenvalue weighted by molar-refractivity contribution is 5.37. The lowest BCUT2D eigenvalue weighted by molar-refractivity contribution is -0.384. The van der Waals surface area contributed by atoms with E-state index < -0.39 is 4.92 Å². The van der Waals surface area contributed by atoms with Crippen LogP contribution in [0.3, 0.4) is 0 Å². The summed E-state index contributed by atoms with van der Waals surface area (Å²) in [5.41, 5.74) is 1.43. The molecule has 3 rings (SSSR count). The molecule has 0 radical (unpaired) electrons. The van der Waals surface area contributed by atoms with Crippen molar-refractivity contribution in [3.63, 3.8) is 0 Å². The van der Waals surface area contributed by atoms with Gasteiger partial charge in [-0.2, -0.15) is 0 Å². The molecule has 0 saturated carbocycles. The van der Waals surface area contributed by atoms with Gasteiger partial charge in [-0.05, 0) is 18.1 Å². The summed E-state index contributed by atoms with van der Waals surface area (Å²) in [5, 5.41) is 10.8. The summed E-state index contributed by atoms with van der Waals surface area (Å²) in [6, 6.07) is 16.9. The van der Waals surface area contributed by atoms with Crippen molar-refractivity contribution in [2.24, 2.45) is 0 Å². The summed E-state index contributed by atoms with van der Waals surface area (Å²) in [5.74, 6) is 0.562. The van der Waals surface area contributed by atoms with Crippen LogP contribution in [-0.4, -0.2) is 54.1 Å². The van der Waals surface area contributed by atoms with E-state index in [2.05, 4.69) is 40.1 Å². The molecule has 1 aliphatic heterocycles. The van der Waals surface area contributed by atoms with Gasteiger partial charge in [-0.15, -0.1) is 0 Å². The number of benzene rings is 2. The van der Waals surface area contributed by atoms with Crippen LogP contribution < -0.4 is 4.74 Å². The maximum Gasteiger partial charge on any atom is 0.273 e. The second-order valence-corrected chi connectivity index (χ2v) is 6.56. The topological polar surface area (TPSA) is 58.9 Å². The van der Waals surface area contributed by atoms with Crippen molar-refractivity contribution in [3.05, 3.63) is 70.3 Å². The van der Waals surface area contributed by atoms with Gasteiger partial charge in [0.25, 0.3) is 5.69 Å². The van der Waals surface area contributed by atoms with E-state index in [4.69, 9.17) is 4.74 Å². The highest BCUT2D eigenvalue weighted by Gasteiger charge is 2.16. The Bertz CT molecular complexity index is 700. The molecule has 0 spiro atoms. The van der Waals surface area contributed by atoms with Crippen LogP contribution in [0.4, 0.5) is 5.69 Å². The Morgan fingerprint density at radius 3 is 2.42 bits per heavy atom. The lowest BCUT2D eigenvalue weighted by Gasteiger charge is -2.34. The number of nitro benzene ring substituents is 1. The summed E-state index contributed by atoms with van der Waals surface area (Å²) in [4.78, 5) is 15.3. The molecule has 0 unspecified atom stereocenters. The van der Waals surface area contributed by atoms with Crippen LogP contribution in [0.25, 0.3) is 0 Å². The number of non-ortho nitro benzene ring substituents is 1. The van der Waals surface area contributed by atoms with E-state index in [0.29, 0.717) is 12.4 Å². The van der Waals surface area contributed by atoms with E-state index in [1.807, 2.05) is 0 Å². The average Bonchev–Trinajstić information content (AvgIpc) is 2.67. The number of hydrogen-bond donors (Lipinski definition) is 0. The van der Waals surface area contributed by atoms with Crippen molar-refractivity contribution in [3.8, 4) is 5.75 Å². The standard InChI is InChI=1S/C20H25N3O3/c24-23(25)19-8-4-9-20(16-19)26-15-5-10-21-11-13-22(14-12-21)17-18-6-2-1-3-7-18/h1-4,6-9,16H,5,10-15,17H2. The zero-order valence-electron chi connectivity index (χ0n) is 14.9. The maximum atomic E-state index is 10.8. The van der Waals surface area contributed by atoms with Crippen molar-refractivity contribution in [1.29, 1.82) is 0 Å². The Balaban J connectivity index is 1.33. The largest absolute Gasteiger partial charge is 0.493 e. The molecular formula is C20H25N3O3. The molecule has 1 saturated heterocycles. The van der Waals surface area contributed by atoms with Gasteiger partial charge < -0.3 is 9.64 Å². The first-order valence-corrected chi connectivity index (χ1v) is 9.06. The zero-order valence-corrected chi connectivity index (χ0v) is 14.9. The van der Waals surface area contributed by atoms with E-state index in [1.54, 1.807) is 12.1 Å². The third-order valence-electron chi connectivity index (χ3n) is 4.63. The Labute approximate surface area is 154 Å². The fourth-order valence-corrected chi connectivity index (χ4v) is 3.18. The Hall–Kier alpha value is -2.44. The molecule has 0 bridgehead atoms. The van der Waals surface area contributed by atoms with Crippen LogP contribution in [0.15, 0.2) is 54.6 Å². The first-order chi connectivity index (χ1) is 12.7. The molecular weight excluding hydrogens is 330 g/mol. The van der Waals surface area contributed by atoms with E-state index in [0.717, 1.165) is 45.7 Å². The molecule has 2 aromatic carbocycles. The smallest absolute Gasteiger partial charge is 0.273 e. The van der Waals surface area contributed by atoms with Crippen LogP contribution >= 0.6 is 0 Å². The number of ether oxygens (including phenoxy) is 1. The van der Waals surface area contributed by atoms with Gasteiger partial charge in [-0.3, -0.25) is 15.0 Å². The highest BCUT2D eigenvalue weighted by Crippen LogP contribution is 2.19. The minimum atomic E-state index is -0.401. The Kier molecular flexibility index (Phi) is 6.57. The monoisotopic (exact) mass is 355 g/mol. The molecule has 0 amide bonds. The van der Waals surface area contributed by atoms with Gasteiger partial charge >= 0.3 is 0 Å². The normalized spacial score (nSPS) is 15.7. The quantitative estimate of drug-likeness (QED) is 0.413. The Morgan fingerprint density at radius 1 is 0.962 bits per heavy atom. The Morgan fingerprint density at radius 2 is 1.69 bits per heavy atom. The first-order valence-electron chi connectivity index (χ1n) is 9.06. The number of rotatable bonds is 8. The van der Waals surface area contributed by atoms with Crippen LogP contribution in [0, 0.1) is 10.1 Å². The minimum Gasteiger partial charge on any atom is -0.493 e. The van der Waals surface area contributed by atoms with E-state index in [-0.39, 0.29) is 5.69 Å². The summed E-state index contributed by atoms with van der Waals surface area (Å²) < 4.78 is 5.65. The van der Waals surface area contributed by atoms with Crippen LogP contribution in [0.5, 0.6) is 5.75 Å². The second-order valence-electron chi connectivity index (χ2n) is 6.56. The molecule has 6 heteroatoms. The minimum absolute atomic E-state index is 0.0667. The molecule has 0 N–H and O–H groups in total. The number of nitro groups is 1. The third-order valence-corrected chi connectivity index (χ3v) is 4.63. The van der Waals surface area contributed by atoms with E-state index >= 15 is 0 Å². The zero-order chi connectivity index (χ0) is 18.2. The summed E-state index contributed by atoms with van der Waals surface area (Å²) >= 11 is 0. The molecule has 6 nitrogen and oxygen atoms in total.